The van der Waals surface area contributed by atoms with Crippen LogP contribution in [0.5, 0.6) is 0 Å². The third-order valence-electron chi connectivity index (χ3n) is 2.99. The highest BCUT2D eigenvalue weighted by Gasteiger charge is 2.23. The van der Waals surface area contributed by atoms with Gasteiger partial charge in [0.1, 0.15) is 6.54 Å². The highest BCUT2D eigenvalue weighted by molar-refractivity contribution is 8.00. The molecule has 1 fully saturated rings. The van der Waals surface area contributed by atoms with Crippen molar-refractivity contribution in [2.24, 2.45) is 0 Å². The first-order chi connectivity index (χ1) is 10.5. The van der Waals surface area contributed by atoms with E-state index in [1.807, 2.05) is 0 Å². The number of nitrogens with one attached hydrogen (secondary N) is 1. The number of aromatic carboxylic acids is 1. The van der Waals surface area contributed by atoms with Crippen LogP contribution in [0.4, 0.5) is 5.69 Å². The summed E-state index contributed by atoms with van der Waals surface area (Å²) in [6.45, 7) is 0.202. The van der Waals surface area contributed by atoms with E-state index in [9.17, 15) is 14.4 Å². The molecule has 1 aromatic rings. The fraction of sp³-hybridized carbons (Fsp3) is 0.357. The normalized spacial score (nSPS) is 14.2. The van der Waals surface area contributed by atoms with E-state index >= 15 is 0 Å². The maximum atomic E-state index is 12.0. The van der Waals surface area contributed by atoms with E-state index in [1.165, 1.54) is 35.9 Å². The fourth-order valence-corrected chi connectivity index (χ4v) is 2.96. The smallest absolute Gasteiger partial charge is 0.335 e. The predicted octanol–water partition coefficient (Wildman–Crippen LogP) is 1.00. The van der Waals surface area contributed by atoms with E-state index in [2.05, 4.69) is 5.32 Å². The minimum absolute atomic E-state index is 0.0389. The second-order valence-electron chi connectivity index (χ2n) is 4.77. The molecule has 0 unspecified atom stereocenters. The van der Waals surface area contributed by atoms with Crippen LogP contribution in [-0.2, 0) is 20.9 Å². The Balaban J connectivity index is 2.08. The van der Waals surface area contributed by atoms with E-state index in [1.54, 1.807) is 6.07 Å². The number of nitrogens with zero attached hydrogens (tertiary/aromatic N) is 1. The number of rotatable bonds is 6. The van der Waals surface area contributed by atoms with Crippen LogP contribution >= 0.6 is 11.8 Å². The number of carboxylic acids is 1. The summed E-state index contributed by atoms with van der Waals surface area (Å²) in [4.78, 5) is 36.0. The number of carbonyl (C=O) groups excluding carboxylic acids is 2. The summed E-state index contributed by atoms with van der Waals surface area (Å²) >= 11 is 1.46. The molecule has 22 heavy (non-hydrogen) atoms. The topological polar surface area (TPSA) is 95.9 Å². The monoisotopic (exact) mass is 324 g/mol. The summed E-state index contributed by atoms with van der Waals surface area (Å²) in [5.74, 6) is -0.628. The highest BCUT2D eigenvalue weighted by Crippen LogP contribution is 2.18. The zero-order chi connectivity index (χ0) is 16.1. The van der Waals surface area contributed by atoms with Crippen molar-refractivity contribution in [3.8, 4) is 0 Å². The van der Waals surface area contributed by atoms with Gasteiger partial charge in [-0.2, -0.15) is 0 Å². The van der Waals surface area contributed by atoms with E-state index in [-0.39, 0.29) is 30.5 Å². The van der Waals surface area contributed by atoms with Crippen molar-refractivity contribution >= 4 is 35.2 Å². The molecule has 118 valence electrons. The average Bonchev–Trinajstić information content (AvgIpc) is 2.84. The molecule has 1 aliphatic heterocycles. The molecule has 2 N–H and O–H groups in total. The minimum Gasteiger partial charge on any atom is -0.478 e. The minimum atomic E-state index is -1.08. The molecule has 0 radical (unpaired) electrons. The van der Waals surface area contributed by atoms with E-state index in [0.717, 1.165) is 0 Å². The Labute approximate surface area is 131 Å². The third-order valence-corrected chi connectivity index (χ3v) is 3.94. The zero-order valence-electron chi connectivity index (χ0n) is 12.0. The van der Waals surface area contributed by atoms with Crippen LogP contribution in [0.25, 0.3) is 0 Å². The van der Waals surface area contributed by atoms with Gasteiger partial charge in [0.15, 0.2) is 0 Å². The van der Waals surface area contributed by atoms with Gasteiger partial charge in [0.25, 0.3) is 0 Å². The Bertz CT molecular complexity index is 605. The average molecular weight is 324 g/mol. The van der Waals surface area contributed by atoms with Crippen molar-refractivity contribution in [3.05, 3.63) is 29.3 Å². The lowest BCUT2D eigenvalue weighted by Crippen LogP contribution is -2.34. The van der Waals surface area contributed by atoms with Crippen LogP contribution in [0.1, 0.15) is 15.9 Å². The van der Waals surface area contributed by atoms with Gasteiger partial charge in [0.05, 0.1) is 23.8 Å². The van der Waals surface area contributed by atoms with Gasteiger partial charge in [0.2, 0.25) is 11.8 Å². The molecule has 2 amide bonds. The lowest BCUT2D eigenvalue weighted by molar-refractivity contribution is -0.130. The quantitative estimate of drug-likeness (QED) is 0.810. The van der Waals surface area contributed by atoms with Crippen LogP contribution < -0.4 is 5.32 Å². The van der Waals surface area contributed by atoms with Crippen LogP contribution in [0.3, 0.4) is 0 Å². The summed E-state index contributed by atoms with van der Waals surface area (Å²) in [6.07, 6.45) is 0. The van der Waals surface area contributed by atoms with Crippen molar-refractivity contribution in [1.29, 1.82) is 0 Å². The number of ether oxygens (including phenoxy) is 1. The Hall–Kier alpha value is -2.06. The van der Waals surface area contributed by atoms with E-state index < -0.39 is 5.97 Å². The van der Waals surface area contributed by atoms with Gasteiger partial charge < -0.3 is 20.1 Å². The molecule has 1 heterocycles. The predicted molar refractivity (Wildman–Crippen MR) is 81.8 cm³/mol. The number of methoxy groups -OCH3 is 1. The van der Waals surface area contributed by atoms with Gasteiger partial charge in [-0.05, 0) is 23.8 Å². The van der Waals surface area contributed by atoms with E-state index in [0.29, 0.717) is 22.9 Å². The Kier molecular flexibility index (Phi) is 5.40. The molecule has 1 aliphatic rings. The van der Waals surface area contributed by atoms with Crippen molar-refractivity contribution < 1.29 is 24.2 Å². The van der Waals surface area contributed by atoms with Crippen LogP contribution in [0, 0.1) is 0 Å². The number of hydrogen-bond donors (Lipinski definition) is 2. The van der Waals surface area contributed by atoms with Crippen molar-refractivity contribution in [3.63, 3.8) is 0 Å². The second-order valence-corrected chi connectivity index (χ2v) is 5.73. The Morgan fingerprint density at radius 1 is 1.41 bits per heavy atom. The number of benzene rings is 1. The molecular formula is C14H16N2O5S. The van der Waals surface area contributed by atoms with Gasteiger partial charge in [-0.25, -0.2) is 4.79 Å². The SMILES string of the molecule is COCc1cc(NC(=O)CN2CSCC2=O)cc(C(=O)O)c1. The molecule has 0 spiro atoms. The molecule has 0 atom stereocenters. The molecular weight excluding hydrogens is 308 g/mol. The van der Waals surface area contributed by atoms with Crippen LogP contribution in [0.2, 0.25) is 0 Å². The zero-order valence-corrected chi connectivity index (χ0v) is 12.8. The van der Waals surface area contributed by atoms with Crippen LogP contribution in [-0.4, -0.2) is 53.1 Å². The molecule has 0 aromatic heterocycles. The molecule has 7 nitrogen and oxygen atoms in total. The lowest BCUT2D eigenvalue weighted by atomic mass is 10.1. The number of hydrogen-bond acceptors (Lipinski definition) is 5. The number of amides is 2. The molecule has 1 aromatic carbocycles. The van der Waals surface area contributed by atoms with Crippen molar-refractivity contribution in [1.82, 2.24) is 4.90 Å². The summed E-state index contributed by atoms with van der Waals surface area (Å²) < 4.78 is 4.98. The van der Waals surface area contributed by atoms with Gasteiger partial charge in [0, 0.05) is 12.8 Å². The molecule has 8 heteroatoms. The van der Waals surface area contributed by atoms with Gasteiger partial charge in [-0.3, -0.25) is 9.59 Å². The second kappa shape index (κ2) is 7.28. The first kappa shape index (κ1) is 16.3. The molecule has 0 saturated carbocycles. The fourth-order valence-electron chi connectivity index (χ4n) is 2.05. The number of carbonyl (C=O) groups is 3. The number of thioether (sulfide) groups is 1. The Morgan fingerprint density at radius 2 is 2.18 bits per heavy atom. The molecule has 0 aliphatic carbocycles. The van der Waals surface area contributed by atoms with Crippen LogP contribution in [0.15, 0.2) is 18.2 Å². The van der Waals surface area contributed by atoms with Crippen molar-refractivity contribution in [2.75, 3.05) is 30.6 Å². The summed E-state index contributed by atoms with van der Waals surface area (Å²) in [5.41, 5.74) is 1.08. The largest absolute Gasteiger partial charge is 0.478 e. The summed E-state index contributed by atoms with van der Waals surface area (Å²) in [6, 6.07) is 4.51. The van der Waals surface area contributed by atoms with Crippen molar-refractivity contribution in [2.45, 2.75) is 6.61 Å². The first-order valence-corrected chi connectivity index (χ1v) is 7.66. The number of anilines is 1. The summed E-state index contributed by atoms with van der Waals surface area (Å²) in [5, 5.41) is 11.7. The molecule has 0 bridgehead atoms. The molecule has 2 rings (SSSR count). The standard InChI is InChI=1S/C14H16N2O5S/c1-21-6-9-2-10(14(19)20)4-11(3-9)15-12(17)5-16-8-22-7-13(16)18/h2-4H,5-8H2,1H3,(H,15,17)(H,19,20). The Morgan fingerprint density at radius 3 is 2.77 bits per heavy atom. The summed E-state index contributed by atoms with van der Waals surface area (Å²) in [7, 11) is 1.50. The maximum absolute atomic E-state index is 12.0. The third kappa shape index (κ3) is 4.22. The van der Waals surface area contributed by atoms with Gasteiger partial charge in [-0.15, -0.1) is 11.8 Å². The number of carboxylic acid groups (broad SMARTS) is 1. The van der Waals surface area contributed by atoms with Gasteiger partial charge >= 0.3 is 5.97 Å². The lowest BCUT2D eigenvalue weighted by Gasteiger charge is -2.15. The van der Waals surface area contributed by atoms with E-state index in [4.69, 9.17) is 9.84 Å². The van der Waals surface area contributed by atoms with Gasteiger partial charge in [-0.1, -0.05) is 0 Å². The highest BCUT2D eigenvalue weighted by atomic mass is 32.2. The molecule has 1 saturated heterocycles. The maximum Gasteiger partial charge on any atom is 0.335 e. The first-order valence-electron chi connectivity index (χ1n) is 6.51.